The summed E-state index contributed by atoms with van der Waals surface area (Å²) in [6.45, 7) is 18.6. The van der Waals surface area contributed by atoms with Gasteiger partial charge in [-0.25, -0.2) is 0 Å². The van der Waals surface area contributed by atoms with E-state index in [2.05, 4.69) is 59.1 Å². The van der Waals surface area contributed by atoms with Gasteiger partial charge in [0.05, 0.1) is 0 Å². The molecule has 1 rings (SSSR count). The summed E-state index contributed by atoms with van der Waals surface area (Å²) in [5, 5.41) is 7.46. The Kier molecular flexibility index (Phi) is 4.88. The third kappa shape index (κ3) is 5.27. The van der Waals surface area contributed by atoms with Gasteiger partial charge in [0.25, 0.3) is 0 Å². The highest BCUT2D eigenvalue weighted by atomic mass is 15.0. The minimum atomic E-state index is 0.216. The van der Waals surface area contributed by atoms with Crippen LogP contribution in [0.15, 0.2) is 0 Å². The average Bonchev–Trinajstić information content (AvgIpc) is 2.11. The zero-order chi connectivity index (χ0) is 14.0. The Hall–Kier alpha value is -0.0800. The molecule has 1 unspecified atom stereocenters. The SMILES string of the molecule is CC(C)(C)CC(C)(C)NCC1NCCCC1(C)C. The molecule has 1 fully saturated rings. The molecule has 0 bridgehead atoms. The normalized spacial score (nSPS) is 25.2. The van der Waals surface area contributed by atoms with E-state index in [0.717, 1.165) is 6.54 Å². The molecule has 2 nitrogen and oxygen atoms in total. The minimum absolute atomic E-state index is 0.216. The van der Waals surface area contributed by atoms with Gasteiger partial charge < -0.3 is 10.6 Å². The molecule has 108 valence electrons. The maximum absolute atomic E-state index is 3.78. The predicted molar refractivity (Wildman–Crippen MR) is 81.0 cm³/mol. The van der Waals surface area contributed by atoms with Crippen LogP contribution in [0.2, 0.25) is 0 Å². The molecule has 0 amide bonds. The zero-order valence-electron chi connectivity index (χ0n) is 13.6. The van der Waals surface area contributed by atoms with Crippen molar-refractivity contribution < 1.29 is 0 Å². The molecular formula is C16H34N2. The Morgan fingerprint density at radius 3 is 2.28 bits per heavy atom. The van der Waals surface area contributed by atoms with Gasteiger partial charge in [0.2, 0.25) is 0 Å². The first-order valence-electron chi connectivity index (χ1n) is 7.50. The molecule has 0 aromatic heterocycles. The second kappa shape index (κ2) is 5.50. The quantitative estimate of drug-likeness (QED) is 0.801. The molecule has 1 aliphatic rings. The van der Waals surface area contributed by atoms with Crippen LogP contribution in [0.4, 0.5) is 0 Å². The summed E-state index contributed by atoms with van der Waals surface area (Å²) < 4.78 is 0. The van der Waals surface area contributed by atoms with E-state index in [0.29, 0.717) is 16.9 Å². The smallest absolute Gasteiger partial charge is 0.0243 e. The van der Waals surface area contributed by atoms with Crippen LogP contribution in [0, 0.1) is 10.8 Å². The van der Waals surface area contributed by atoms with Crippen molar-refractivity contribution in [3.63, 3.8) is 0 Å². The second-order valence-electron chi connectivity index (χ2n) is 8.60. The van der Waals surface area contributed by atoms with Crippen molar-refractivity contribution in [2.24, 2.45) is 10.8 Å². The van der Waals surface area contributed by atoms with Crippen LogP contribution >= 0.6 is 0 Å². The number of hydrogen-bond acceptors (Lipinski definition) is 2. The Morgan fingerprint density at radius 1 is 1.17 bits per heavy atom. The first-order valence-corrected chi connectivity index (χ1v) is 7.50. The largest absolute Gasteiger partial charge is 0.312 e. The highest BCUT2D eigenvalue weighted by Gasteiger charge is 2.33. The molecule has 2 N–H and O–H groups in total. The molecule has 18 heavy (non-hydrogen) atoms. The van der Waals surface area contributed by atoms with Gasteiger partial charge in [0.1, 0.15) is 0 Å². The Labute approximate surface area is 114 Å². The summed E-state index contributed by atoms with van der Waals surface area (Å²) in [4.78, 5) is 0. The van der Waals surface area contributed by atoms with Gasteiger partial charge in [-0.05, 0) is 50.5 Å². The maximum atomic E-state index is 3.78. The number of nitrogens with one attached hydrogen (secondary N) is 2. The summed E-state index contributed by atoms with van der Waals surface area (Å²) in [6.07, 6.45) is 3.86. The highest BCUT2D eigenvalue weighted by molar-refractivity contribution is 4.92. The summed E-state index contributed by atoms with van der Waals surface area (Å²) in [5.41, 5.74) is 1.02. The standard InChI is InChI=1S/C16H34N2/c1-14(2,3)12-16(6,7)18-11-13-15(4,5)9-8-10-17-13/h13,17-18H,8-12H2,1-7H3. The van der Waals surface area contributed by atoms with Crippen molar-refractivity contribution in [1.82, 2.24) is 10.6 Å². The minimum Gasteiger partial charge on any atom is -0.312 e. The first-order chi connectivity index (χ1) is 8.02. The van der Waals surface area contributed by atoms with Gasteiger partial charge in [0.15, 0.2) is 0 Å². The molecule has 0 aromatic carbocycles. The zero-order valence-corrected chi connectivity index (χ0v) is 13.6. The fourth-order valence-corrected chi connectivity index (χ4v) is 3.39. The number of piperidine rings is 1. The first kappa shape index (κ1) is 16.0. The van der Waals surface area contributed by atoms with E-state index in [1.54, 1.807) is 0 Å². The lowest BCUT2D eigenvalue weighted by molar-refractivity contribution is 0.155. The van der Waals surface area contributed by atoms with Crippen molar-refractivity contribution in [3.8, 4) is 0 Å². The third-order valence-corrected chi connectivity index (χ3v) is 4.09. The molecular weight excluding hydrogens is 220 g/mol. The van der Waals surface area contributed by atoms with Crippen molar-refractivity contribution in [2.75, 3.05) is 13.1 Å². The molecule has 1 atom stereocenters. The number of rotatable bonds is 4. The summed E-state index contributed by atoms with van der Waals surface area (Å²) in [6, 6.07) is 0.602. The lowest BCUT2D eigenvalue weighted by Gasteiger charge is -2.42. The van der Waals surface area contributed by atoms with Crippen molar-refractivity contribution in [1.29, 1.82) is 0 Å². The van der Waals surface area contributed by atoms with Gasteiger partial charge in [-0.1, -0.05) is 34.6 Å². The number of hydrogen-bond donors (Lipinski definition) is 2. The Bertz CT molecular complexity index is 261. The average molecular weight is 254 g/mol. The monoisotopic (exact) mass is 254 g/mol. The predicted octanol–water partition coefficient (Wildman–Crippen LogP) is 3.57. The van der Waals surface area contributed by atoms with Crippen molar-refractivity contribution in [3.05, 3.63) is 0 Å². The molecule has 0 aromatic rings. The van der Waals surface area contributed by atoms with Gasteiger partial charge in [-0.3, -0.25) is 0 Å². The topological polar surface area (TPSA) is 24.1 Å². The van der Waals surface area contributed by atoms with Crippen LogP contribution in [-0.2, 0) is 0 Å². The van der Waals surface area contributed by atoms with E-state index in [-0.39, 0.29) is 5.54 Å². The molecule has 0 aliphatic carbocycles. The van der Waals surface area contributed by atoms with E-state index in [9.17, 15) is 0 Å². The Morgan fingerprint density at radius 2 is 1.78 bits per heavy atom. The molecule has 0 radical (unpaired) electrons. The van der Waals surface area contributed by atoms with Gasteiger partial charge >= 0.3 is 0 Å². The summed E-state index contributed by atoms with van der Waals surface area (Å²) >= 11 is 0. The van der Waals surface area contributed by atoms with Crippen LogP contribution < -0.4 is 10.6 Å². The van der Waals surface area contributed by atoms with Gasteiger partial charge in [-0.15, -0.1) is 0 Å². The lowest BCUT2D eigenvalue weighted by Crippen LogP contribution is -2.55. The van der Waals surface area contributed by atoms with Crippen LogP contribution in [-0.4, -0.2) is 24.7 Å². The molecule has 0 saturated carbocycles. The van der Waals surface area contributed by atoms with E-state index in [1.807, 2.05) is 0 Å². The van der Waals surface area contributed by atoms with Crippen LogP contribution in [0.5, 0.6) is 0 Å². The van der Waals surface area contributed by atoms with Crippen molar-refractivity contribution >= 4 is 0 Å². The molecule has 1 saturated heterocycles. The van der Waals surface area contributed by atoms with E-state index < -0.39 is 0 Å². The van der Waals surface area contributed by atoms with E-state index in [1.165, 1.54) is 25.8 Å². The van der Waals surface area contributed by atoms with Gasteiger partial charge in [0, 0.05) is 18.1 Å². The summed E-state index contributed by atoms with van der Waals surface area (Å²) in [5.74, 6) is 0. The van der Waals surface area contributed by atoms with Crippen molar-refractivity contribution in [2.45, 2.75) is 79.3 Å². The van der Waals surface area contributed by atoms with Gasteiger partial charge in [-0.2, -0.15) is 0 Å². The highest BCUT2D eigenvalue weighted by Crippen LogP contribution is 2.31. The maximum Gasteiger partial charge on any atom is 0.0243 e. The molecule has 1 heterocycles. The van der Waals surface area contributed by atoms with Crippen LogP contribution in [0.1, 0.15) is 67.7 Å². The van der Waals surface area contributed by atoms with E-state index >= 15 is 0 Å². The fourth-order valence-electron chi connectivity index (χ4n) is 3.39. The summed E-state index contributed by atoms with van der Waals surface area (Å²) in [7, 11) is 0. The molecule has 1 aliphatic heterocycles. The molecule has 2 heteroatoms. The Balaban J connectivity index is 2.48. The van der Waals surface area contributed by atoms with E-state index in [4.69, 9.17) is 0 Å². The third-order valence-electron chi connectivity index (χ3n) is 4.09. The van der Waals surface area contributed by atoms with Crippen LogP contribution in [0.25, 0.3) is 0 Å². The van der Waals surface area contributed by atoms with Crippen LogP contribution in [0.3, 0.4) is 0 Å². The second-order valence-corrected chi connectivity index (χ2v) is 8.60. The molecule has 0 spiro atoms. The lowest BCUT2D eigenvalue weighted by atomic mass is 9.76. The fraction of sp³-hybridized carbons (Fsp3) is 1.00.